The van der Waals surface area contributed by atoms with Crippen LogP contribution in [0.15, 0.2) is 60.7 Å². The predicted molar refractivity (Wildman–Crippen MR) is 130 cm³/mol. The van der Waals surface area contributed by atoms with Gasteiger partial charge in [-0.2, -0.15) is 0 Å². The molecule has 0 radical (unpaired) electrons. The van der Waals surface area contributed by atoms with Crippen molar-refractivity contribution in [3.8, 4) is 11.5 Å². The number of hydrogen-bond acceptors (Lipinski definition) is 5. The third-order valence-corrected chi connectivity index (χ3v) is 8.30. The Morgan fingerprint density at radius 1 is 0.968 bits per heavy atom. The van der Waals surface area contributed by atoms with E-state index in [-0.39, 0.29) is 11.2 Å². The van der Waals surface area contributed by atoms with E-state index in [4.69, 9.17) is 21.1 Å². The summed E-state index contributed by atoms with van der Waals surface area (Å²) in [5.74, 6) is 2.62. The van der Waals surface area contributed by atoms with Crippen molar-refractivity contribution in [3.63, 3.8) is 0 Å². The van der Waals surface area contributed by atoms with Crippen molar-refractivity contribution in [3.05, 3.63) is 93.5 Å². The summed E-state index contributed by atoms with van der Waals surface area (Å²) in [5.41, 5.74) is 6.48. The Hall–Kier alpha value is -2.08. The SMILES string of the molecule is Cc1cc2c(cc1C)CSC(c1ccccc1OC(=O)COc1ccc(Cl)cc1)SC2. The molecule has 0 unspecified atom stereocenters. The average molecular weight is 471 g/mol. The first kappa shape index (κ1) is 22.1. The van der Waals surface area contributed by atoms with Gasteiger partial charge in [0.2, 0.25) is 0 Å². The van der Waals surface area contributed by atoms with Crippen LogP contribution >= 0.6 is 35.1 Å². The summed E-state index contributed by atoms with van der Waals surface area (Å²) in [6.45, 7) is 4.16. The van der Waals surface area contributed by atoms with Crippen molar-refractivity contribution in [2.24, 2.45) is 0 Å². The molecule has 3 nitrogen and oxygen atoms in total. The fourth-order valence-corrected chi connectivity index (χ4v) is 6.22. The Bertz CT molecular complexity index is 1050. The van der Waals surface area contributed by atoms with Crippen LogP contribution in [-0.4, -0.2) is 12.6 Å². The molecule has 0 saturated carbocycles. The molecule has 0 aliphatic carbocycles. The summed E-state index contributed by atoms with van der Waals surface area (Å²) < 4.78 is 11.4. The molecule has 3 aromatic carbocycles. The third kappa shape index (κ3) is 5.59. The fraction of sp³-hybridized carbons (Fsp3) is 0.240. The maximum atomic E-state index is 12.4. The van der Waals surface area contributed by atoms with Gasteiger partial charge in [-0.15, -0.1) is 23.5 Å². The summed E-state index contributed by atoms with van der Waals surface area (Å²) in [5, 5.41) is 0.620. The number of rotatable bonds is 5. The van der Waals surface area contributed by atoms with E-state index in [1.165, 1.54) is 22.3 Å². The quantitative estimate of drug-likeness (QED) is 0.293. The maximum Gasteiger partial charge on any atom is 0.349 e. The van der Waals surface area contributed by atoms with Gasteiger partial charge in [-0.3, -0.25) is 0 Å². The van der Waals surface area contributed by atoms with E-state index in [0.717, 1.165) is 17.1 Å². The number of carbonyl (C=O) groups excluding carboxylic acids is 1. The topological polar surface area (TPSA) is 35.5 Å². The minimum atomic E-state index is -0.430. The highest BCUT2D eigenvalue weighted by molar-refractivity contribution is 8.15. The van der Waals surface area contributed by atoms with Crippen LogP contribution in [-0.2, 0) is 16.3 Å². The van der Waals surface area contributed by atoms with Gasteiger partial charge < -0.3 is 9.47 Å². The van der Waals surface area contributed by atoms with Crippen LogP contribution in [0.4, 0.5) is 0 Å². The van der Waals surface area contributed by atoms with Crippen molar-refractivity contribution in [1.82, 2.24) is 0 Å². The second-order valence-corrected chi connectivity index (χ2v) is 10.3. The molecule has 0 atom stereocenters. The number of hydrogen-bond donors (Lipinski definition) is 0. The van der Waals surface area contributed by atoms with Gasteiger partial charge in [-0.05, 0) is 66.4 Å². The summed E-state index contributed by atoms with van der Waals surface area (Å²) in [6, 6.07) is 19.3. The van der Waals surface area contributed by atoms with Gasteiger partial charge in [0.1, 0.15) is 11.5 Å². The Kier molecular flexibility index (Phi) is 7.16. The van der Waals surface area contributed by atoms with Crippen LogP contribution in [0.25, 0.3) is 0 Å². The third-order valence-electron chi connectivity index (χ3n) is 5.16. The van der Waals surface area contributed by atoms with E-state index in [1.54, 1.807) is 24.3 Å². The van der Waals surface area contributed by atoms with E-state index in [2.05, 4.69) is 26.0 Å². The van der Waals surface area contributed by atoms with E-state index in [0.29, 0.717) is 16.5 Å². The van der Waals surface area contributed by atoms with Crippen molar-refractivity contribution in [1.29, 1.82) is 0 Å². The Balaban J connectivity index is 1.43. The van der Waals surface area contributed by atoms with Gasteiger partial charge >= 0.3 is 5.97 Å². The molecular weight excluding hydrogens is 448 g/mol. The number of halogens is 1. The summed E-state index contributed by atoms with van der Waals surface area (Å²) in [6.07, 6.45) is 0. The van der Waals surface area contributed by atoms with Gasteiger partial charge in [0, 0.05) is 22.1 Å². The molecule has 1 aliphatic rings. The Labute approximate surface area is 196 Å². The van der Waals surface area contributed by atoms with Gasteiger partial charge in [0.05, 0.1) is 4.58 Å². The number of aryl methyl sites for hydroxylation is 2. The Morgan fingerprint density at radius 2 is 1.58 bits per heavy atom. The molecule has 4 rings (SSSR count). The molecule has 0 amide bonds. The second kappa shape index (κ2) is 10.0. The average Bonchev–Trinajstić information content (AvgIpc) is 2.96. The van der Waals surface area contributed by atoms with Crippen molar-refractivity contribution in [2.75, 3.05) is 6.61 Å². The van der Waals surface area contributed by atoms with Crippen molar-refractivity contribution >= 4 is 41.1 Å². The zero-order chi connectivity index (χ0) is 21.8. The number of esters is 1. The van der Waals surface area contributed by atoms with E-state index < -0.39 is 5.97 Å². The summed E-state index contributed by atoms with van der Waals surface area (Å²) in [4.78, 5) is 12.4. The number of benzene rings is 3. The normalized spacial score (nSPS) is 13.9. The smallest absolute Gasteiger partial charge is 0.349 e. The zero-order valence-corrected chi connectivity index (χ0v) is 19.8. The molecule has 6 heteroatoms. The number of para-hydroxylation sites is 1. The van der Waals surface area contributed by atoms with Gasteiger partial charge in [-0.25, -0.2) is 4.79 Å². The van der Waals surface area contributed by atoms with Crippen LogP contribution in [0.5, 0.6) is 11.5 Å². The molecule has 0 aromatic heterocycles. The van der Waals surface area contributed by atoms with Gasteiger partial charge in [-0.1, -0.05) is 41.9 Å². The number of thioether (sulfide) groups is 2. The molecule has 1 aliphatic heterocycles. The summed E-state index contributed by atoms with van der Waals surface area (Å²) in [7, 11) is 0. The molecule has 0 saturated heterocycles. The van der Waals surface area contributed by atoms with E-state index in [9.17, 15) is 4.79 Å². The largest absolute Gasteiger partial charge is 0.482 e. The molecule has 31 heavy (non-hydrogen) atoms. The van der Waals surface area contributed by atoms with Gasteiger partial charge in [0.25, 0.3) is 0 Å². The standard InChI is InChI=1S/C25H23ClO3S2/c1-16-11-18-14-30-25(31-15-19(18)12-17(16)2)22-5-3-4-6-23(22)29-24(27)13-28-21-9-7-20(26)8-10-21/h3-12,25H,13-15H2,1-2H3. The minimum Gasteiger partial charge on any atom is -0.482 e. The second-order valence-electron chi connectivity index (χ2n) is 7.41. The lowest BCUT2D eigenvalue weighted by atomic mass is 10.0. The molecule has 160 valence electrons. The van der Waals surface area contributed by atoms with Crippen LogP contribution in [0, 0.1) is 13.8 Å². The van der Waals surface area contributed by atoms with Crippen LogP contribution in [0.2, 0.25) is 5.02 Å². The first-order valence-electron chi connectivity index (χ1n) is 10.00. The van der Waals surface area contributed by atoms with Crippen molar-refractivity contribution < 1.29 is 14.3 Å². The lowest BCUT2D eigenvalue weighted by Gasteiger charge is -2.17. The molecule has 0 bridgehead atoms. The summed E-state index contributed by atoms with van der Waals surface area (Å²) >= 11 is 9.63. The zero-order valence-electron chi connectivity index (χ0n) is 17.4. The first-order chi connectivity index (χ1) is 15.0. The lowest BCUT2D eigenvalue weighted by molar-refractivity contribution is -0.136. The fourth-order valence-electron chi connectivity index (χ4n) is 3.36. The molecule has 3 aromatic rings. The number of carbonyl (C=O) groups is 1. The molecular formula is C25H23ClO3S2. The minimum absolute atomic E-state index is 0.162. The molecule has 0 fully saturated rings. The molecule has 0 N–H and O–H groups in total. The van der Waals surface area contributed by atoms with Crippen LogP contribution in [0.1, 0.15) is 32.4 Å². The Morgan fingerprint density at radius 3 is 2.23 bits per heavy atom. The lowest BCUT2D eigenvalue weighted by Crippen LogP contribution is -2.18. The molecule has 0 spiro atoms. The van der Waals surface area contributed by atoms with Crippen molar-refractivity contribution in [2.45, 2.75) is 29.9 Å². The van der Waals surface area contributed by atoms with E-state index in [1.807, 2.05) is 47.8 Å². The van der Waals surface area contributed by atoms with Crippen LogP contribution < -0.4 is 9.47 Å². The monoisotopic (exact) mass is 470 g/mol. The first-order valence-corrected chi connectivity index (χ1v) is 12.5. The predicted octanol–water partition coefficient (Wildman–Crippen LogP) is 7.12. The van der Waals surface area contributed by atoms with E-state index >= 15 is 0 Å². The van der Waals surface area contributed by atoms with Gasteiger partial charge in [0.15, 0.2) is 6.61 Å². The number of fused-ring (bicyclic) bond motifs is 1. The highest BCUT2D eigenvalue weighted by Crippen LogP contribution is 2.49. The number of ether oxygens (including phenoxy) is 2. The highest BCUT2D eigenvalue weighted by atomic mass is 35.5. The van der Waals surface area contributed by atoms with Crippen LogP contribution in [0.3, 0.4) is 0 Å². The highest BCUT2D eigenvalue weighted by Gasteiger charge is 2.23. The molecule has 1 heterocycles. The maximum absolute atomic E-state index is 12.4.